The van der Waals surface area contributed by atoms with E-state index in [1.54, 1.807) is 0 Å². The van der Waals surface area contributed by atoms with E-state index in [0.29, 0.717) is 12.8 Å². The van der Waals surface area contributed by atoms with Gasteiger partial charge >= 0.3 is 5.97 Å². The van der Waals surface area contributed by atoms with Gasteiger partial charge in [-0.3, -0.25) is 4.79 Å². The van der Waals surface area contributed by atoms with E-state index in [9.17, 15) is 19.8 Å². The summed E-state index contributed by atoms with van der Waals surface area (Å²) in [6.07, 6.45) is 13.2. The Bertz CT molecular complexity index is 567. The normalized spacial score (nSPS) is 20.4. The summed E-state index contributed by atoms with van der Waals surface area (Å²) in [5, 5.41) is 27.2. The zero-order valence-corrected chi connectivity index (χ0v) is 15.9. The molecule has 0 bridgehead atoms. The molecule has 0 aromatic rings. The fraction of sp³-hybridized carbons (Fsp3) is 0.667. The van der Waals surface area contributed by atoms with Gasteiger partial charge in [-0.05, 0) is 50.2 Å². The Morgan fingerprint density at radius 2 is 2.04 bits per heavy atom. The highest BCUT2D eigenvalue weighted by Gasteiger charge is 2.33. The average molecular weight is 364 g/mol. The predicted octanol–water partition coefficient (Wildman–Crippen LogP) is 3.76. The Morgan fingerprint density at radius 1 is 1.31 bits per heavy atom. The first-order valence-corrected chi connectivity index (χ1v) is 9.56. The third-order valence-electron chi connectivity index (χ3n) is 4.87. The van der Waals surface area contributed by atoms with Crippen molar-refractivity contribution in [3.8, 4) is 0 Å². The highest BCUT2D eigenvalue weighted by atomic mass is 16.5. The minimum absolute atomic E-state index is 0.0599. The number of carbonyl (C=O) groups excluding carboxylic acids is 1. The standard InChI is InChI=1S/C21H32O5/c1-3-4-5-6-7-8-11-17-12-13-19(22)18(17)15-16(2)10-9-14-21(25,26)20(23)24/h8-9,11,17-18,25-26H,3-7,12-15H2,1-2H3,(H,23,24)/t10?,17-,18+/m0/s1. The molecule has 0 aliphatic heterocycles. The van der Waals surface area contributed by atoms with Crippen molar-refractivity contribution >= 4 is 11.8 Å². The second-order valence-corrected chi connectivity index (χ2v) is 7.21. The quantitative estimate of drug-likeness (QED) is 0.225. The van der Waals surface area contributed by atoms with Crippen molar-refractivity contribution in [1.82, 2.24) is 0 Å². The fourth-order valence-corrected chi connectivity index (χ4v) is 3.23. The molecule has 1 saturated carbocycles. The maximum absolute atomic E-state index is 12.2. The maximum Gasteiger partial charge on any atom is 0.364 e. The van der Waals surface area contributed by atoms with Gasteiger partial charge in [-0.25, -0.2) is 4.79 Å². The van der Waals surface area contributed by atoms with Crippen LogP contribution < -0.4 is 0 Å². The number of aliphatic hydroxyl groups is 2. The second-order valence-electron chi connectivity index (χ2n) is 7.21. The monoisotopic (exact) mass is 364 g/mol. The number of rotatable bonds is 11. The van der Waals surface area contributed by atoms with Crippen molar-refractivity contribution < 1.29 is 24.9 Å². The number of hydrogen-bond acceptors (Lipinski definition) is 4. The molecule has 1 aliphatic carbocycles. The third kappa shape index (κ3) is 7.69. The van der Waals surface area contributed by atoms with E-state index in [1.807, 2.05) is 6.92 Å². The molecule has 3 N–H and O–H groups in total. The largest absolute Gasteiger partial charge is 0.477 e. The van der Waals surface area contributed by atoms with Gasteiger partial charge in [0.05, 0.1) is 0 Å². The average Bonchev–Trinajstić information content (AvgIpc) is 2.91. The Balaban J connectivity index is 2.58. The summed E-state index contributed by atoms with van der Waals surface area (Å²) in [6.45, 7) is 4.02. The van der Waals surface area contributed by atoms with E-state index in [4.69, 9.17) is 5.11 Å². The van der Waals surface area contributed by atoms with Crippen molar-refractivity contribution in [2.24, 2.45) is 11.8 Å². The van der Waals surface area contributed by atoms with Gasteiger partial charge < -0.3 is 15.3 Å². The van der Waals surface area contributed by atoms with Crippen LogP contribution in [-0.4, -0.2) is 32.9 Å². The molecule has 0 heterocycles. The highest BCUT2D eigenvalue weighted by Crippen LogP contribution is 2.34. The first-order chi connectivity index (χ1) is 12.3. The Morgan fingerprint density at radius 3 is 2.69 bits per heavy atom. The van der Waals surface area contributed by atoms with Crippen LogP contribution in [0.15, 0.2) is 29.5 Å². The highest BCUT2D eigenvalue weighted by molar-refractivity contribution is 5.84. The van der Waals surface area contributed by atoms with Gasteiger partial charge in [0.25, 0.3) is 5.79 Å². The van der Waals surface area contributed by atoms with E-state index < -0.39 is 18.2 Å². The van der Waals surface area contributed by atoms with Crippen LogP contribution in [-0.2, 0) is 9.59 Å². The number of allylic oxidation sites excluding steroid dienone is 2. The molecule has 2 atom stereocenters. The van der Waals surface area contributed by atoms with Crippen LogP contribution in [0.5, 0.6) is 0 Å². The molecular formula is C21H32O5. The fourth-order valence-electron chi connectivity index (χ4n) is 3.23. The number of unbranched alkanes of at least 4 members (excludes halogenated alkanes) is 4. The zero-order chi connectivity index (χ0) is 19.6. The van der Waals surface area contributed by atoms with Crippen LogP contribution in [0.4, 0.5) is 0 Å². The number of Topliss-reactive ketones (excluding diaryl/α,β-unsaturated/α-hetero) is 1. The van der Waals surface area contributed by atoms with E-state index >= 15 is 0 Å². The summed E-state index contributed by atoms with van der Waals surface area (Å²) >= 11 is 0. The molecule has 1 rings (SSSR count). The minimum Gasteiger partial charge on any atom is -0.477 e. The smallest absolute Gasteiger partial charge is 0.364 e. The van der Waals surface area contributed by atoms with Crippen LogP contribution in [0.3, 0.4) is 0 Å². The van der Waals surface area contributed by atoms with E-state index in [-0.39, 0.29) is 17.6 Å². The predicted molar refractivity (Wildman–Crippen MR) is 100 cm³/mol. The number of ketones is 1. The molecule has 0 amide bonds. The molecule has 5 heteroatoms. The van der Waals surface area contributed by atoms with Gasteiger partial charge in [0.2, 0.25) is 0 Å². The van der Waals surface area contributed by atoms with Crippen LogP contribution in [0.1, 0.15) is 71.6 Å². The van der Waals surface area contributed by atoms with Gasteiger partial charge in [-0.1, -0.05) is 38.3 Å². The topological polar surface area (TPSA) is 94.8 Å². The van der Waals surface area contributed by atoms with Crippen LogP contribution in [0.2, 0.25) is 0 Å². The molecule has 0 saturated heterocycles. The lowest BCUT2D eigenvalue weighted by Gasteiger charge is -2.15. The molecule has 0 aromatic carbocycles. The summed E-state index contributed by atoms with van der Waals surface area (Å²) in [7, 11) is 0. The Labute approximate surface area is 156 Å². The minimum atomic E-state index is -2.78. The van der Waals surface area contributed by atoms with Gasteiger partial charge in [0.15, 0.2) is 0 Å². The van der Waals surface area contributed by atoms with Crippen molar-refractivity contribution in [2.45, 2.75) is 77.4 Å². The molecular weight excluding hydrogens is 332 g/mol. The molecule has 0 aromatic heterocycles. The van der Waals surface area contributed by atoms with Crippen LogP contribution >= 0.6 is 0 Å². The summed E-state index contributed by atoms with van der Waals surface area (Å²) in [6, 6.07) is 0. The Kier molecular flexibility index (Phi) is 9.57. The molecule has 5 nitrogen and oxygen atoms in total. The van der Waals surface area contributed by atoms with Crippen LogP contribution in [0, 0.1) is 11.8 Å². The van der Waals surface area contributed by atoms with Crippen LogP contribution in [0.25, 0.3) is 0 Å². The zero-order valence-electron chi connectivity index (χ0n) is 15.9. The third-order valence-corrected chi connectivity index (χ3v) is 4.87. The Hall–Kier alpha value is -1.68. The molecule has 0 spiro atoms. The van der Waals surface area contributed by atoms with E-state index in [1.165, 1.54) is 31.8 Å². The lowest BCUT2D eigenvalue weighted by molar-refractivity contribution is -0.201. The molecule has 26 heavy (non-hydrogen) atoms. The number of carbonyl (C=O) groups is 2. The number of carboxylic acids is 1. The summed E-state index contributed by atoms with van der Waals surface area (Å²) in [4.78, 5) is 22.8. The van der Waals surface area contributed by atoms with Gasteiger partial charge in [-0.15, -0.1) is 5.73 Å². The molecule has 1 fully saturated rings. The van der Waals surface area contributed by atoms with Gasteiger partial charge in [0, 0.05) is 18.8 Å². The lowest BCUT2D eigenvalue weighted by Crippen LogP contribution is -2.37. The van der Waals surface area contributed by atoms with Crippen molar-refractivity contribution in [3.63, 3.8) is 0 Å². The van der Waals surface area contributed by atoms with E-state index in [2.05, 4.69) is 24.8 Å². The van der Waals surface area contributed by atoms with Crippen molar-refractivity contribution in [2.75, 3.05) is 0 Å². The lowest BCUT2D eigenvalue weighted by atomic mass is 9.89. The summed E-state index contributed by atoms with van der Waals surface area (Å²) in [5.74, 6) is -4.02. The molecule has 146 valence electrons. The second kappa shape index (κ2) is 11.1. The molecule has 0 unspecified atom stereocenters. The first kappa shape index (κ1) is 22.4. The number of hydrogen-bond donors (Lipinski definition) is 3. The van der Waals surface area contributed by atoms with Gasteiger partial charge in [0.1, 0.15) is 5.78 Å². The summed E-state index contributed by atoms with van der Waals surface area (Å²) in [5.41, 5.74) is 3.70. The molecule has 1 aliphatic rings. The SMILES string of the molecule is CCCCCCC=C[C@H]1CCC(=O)[C@@H]1CC(C)=C=CCC(O)(O)C(=O)O. The van der Waals surface area contributed by atoms with Crippen molar-refractivity contribution in [1.29, 1.82) is 0 Å². The number of carboxylic acid groups (broad SMARTS) is 1. The van der Waals surface area contributed by atoms with Gasteiger partial charge in [-0.2, -0.15) is 0 Å². The first-order valence-electron chi connectivity index (χ1n) is 9.56. The van der Waals surface area contributed by atoms with E-state index in [0.717, 1.165) is 18.4 Å². The van der Waals surface area contributed by atoms with Crippen molar-refractivity contribution in [3.05, 3.63) is 29.5 Å². The maximum atomic E-state index is 12.2. The number of aliphatic carboxylic acids is 1. The molecule has 0 radical (unpaired) electrons. The summed E-state index contributed by atoms with van der Waals surface area (Å²) < 4.78 is 0.